The van der Waals surface area contributed by atoms with Gasteiger partial charge >= 0.3 is 0 Å². The van der Waals surface area contributed by atoms with Crippen LogP contribution in [0.4, 0.5) is 10.1 Å². The van der Waals surface area contributed by atoms with Crippen LogP contribution in [0.25, 0.3) is 0 Å². The van der Waals surface area contributed by atoms with E-state index in [1.807, 2.05) is 6.92 Å². The Balaban J connectivity index is 2.81. The van der Waals surface area contributed by atoms with Gasteiger partial charge in [0.05, 0.1) is 0 Å². The van der Waals surface area contributed by atoms with Crippen LogP contribution in [0.2, 0.25) is 0 Å². The lowest BCUT2D eigenvalue weighted by Gasteiger charge is -2.14. The van der Waals surface area contributed by atoms with Crippen LogP contribution < -0.4 is 5.32 Å². The van der Waals surface area contributed by atoms with E-state index < -0.39 is 0 Å². The first-order chi connectivity index (χ1) is 6.13. The van der Waals surface area contributed by atoms with Crippen molar-refractivity contribution in [1.29, 1.82) is 0 Å². The van der Waals surface area contributed by atoms with Gasteiger partial charge in [0.2, 0.25) is 0 Å². The zero-order valence-electron chi connectivity index (χ0n) is 8.39. The largest absolute Gasteiger partial charge is 0.382 e. The zero-order chi connectivity index (χ0) is 9.84. The zero-order valence-corrected chi connectivity index (χ0v) is 8.39. The number of nitrogens with one attached hydrogen (secondary N) is 1. The summed E-state index contributed by atoms with van der Waals surface area (Å²) in [6.07, 6.45) is 1.04. The van der Waals surface area contributed by atoms with Crippen molar-refractivity contribution < 1.29 is 4.39 Å². The second-order valence-corrected chi connectivity index (χ2v) is 3.41. The molecule has 0 saturated heterocycles. The van der Waals surface area contributed by atoms with Gasteiger partial charge in [0.25, 0.3) is 0 Å². The van der Waals surface area contributed by atoms with Crippen molar-refractivity contribution in [3.05, 3.63) is 29.6 Å². The average Bonchev–Trinajstić information content (AvgIpc) is 2.11. The van der Waals surface area contributed by atoms with E-state index in [-0.39, 0.29) is 5.82 Å². The van der Waals surface area contributed by atoms with Crippen LogP contribution in [0.3, 0.4) is 0 Å². The molecule has 72 valence electrons. The van der Waals surface area contributed by atoms with E-state index in [0.717, 1.165) is 17.7 Å². The Kier molecular flexibility index (Phi) is 3.29. The lowest BCUT2D eigenvalue weighted by Crippen LogP contribution is -2.14. The molecule has 0 amide bonds. The van der Waals surface area contributed by atoms with Crippen LogP contribution in [0, 0.1) is 12.7 Å². The predicted octanol–water partition coefficient (Wildman–Crippen LogP) is 3.34. The topological polar surface area (TPSA) is 12.0 Å². The van der Waals surface area contributed by atoms with E-state index >= 15 is 0 Å². The number of hydrogen-bond acceptors (Lipinski definition) is 1. The van der Waals surface area contributed by atoms with Crippen LogP contribution >= 0.6 is 0 Å². The van der Waals surface area contributed by atoms with Crippen LogP contribution in [0.1, 0.15) is 25.8 Å². The number of rotatable bonds is 3. The molecule has 1 aromatic carbocycles. The Labute approximate surface area is 79.0 Å². The molecule has 0 aliphatic rings. The third kappa shape index (κ3) is 2.72. The van der Waals surface area contributed by atoms with E-state index in [9.17, 15) is 4.39 Å². The number of aryl methyl sites for hydroxylation is 1. The molecule has 0 unspecified atom stereocenters. The fraction of sp³-hybridized carbons (Fsp3) is 0.455. The van der Waals surface area contributed by atoms with E-state index in [2.05, 4.69) is 19.2 Å². The quantitative estimate of drug-likeness (QED) is 0.754. The molecule has 0 fully saturated rings. The molecular weight excluding hydrogens is 165 g/mol. The Morgan fingerprint density at radius 3 is 2.77 bits per heavy atom. The third-order valence-corrected chi connectivity index (χ3v) is 2.21. The van der Waals surface area contributed by atoms with Gasteiger partial charge in [-0.25, -0.2) is 4.39 Å². The Morgan fingerprint density at radius 1 is 1.46 bits per heavy atom. The molecule has 1 N–H and O–H groups in total. The molecule has 1 aromatic rings. The molecular formula is C11H16FN. The fourth-order valence-electron chi connectivity index (χ4n) is 1.12. The highest BCUT2D eigenvalue weighted by atomic mass is 19.1. The molecule has 1 rings (SSSR count). The van der Waals surface area contributed by atoms with Gasteiger partial charge in [-0.05, 0) is 38.0 Å². The standard InChI is InChI=1S/C11H16FN/c1-4-9(3)13-11-7-10(12)6-5-8(11)2/h5-7,9,13H,4H2,1-3H3/t9-/m1/s1. The number of halogens is 1. The summed E-state index contributed by atoms with van der Waals surface area (Å²) in [7, 11) is 0. The maximum Gasteiger partial charge on any atom is 0.125 e. The van der Waals surface area contributed by atoms with Gasteiger partial charge in [-0.1, -0.05) is 13.0 Å². The molecule has 0 aliphatic heterocycles. The maximum absolute atomic E-state index is 12.9. The summed E-state index contributed by atoms with van der Waals surface area (Å²) in [6, 6.07) is 5.21. The highest BCUT2D eigenvalue weighted by Gasteiger charge is 2.02. The first-order valence-electron chi connectivity index (χ1n) is 4.66. The van der Waals surface area contributed by atoms with Gasteiger partial charge in [-0.15, -0.1) is 0 Å². The van der Waals surface area contributed by atoms with Gasteiger partial charge in [-0.2, -0.15) is 0 Å². The van der Waals surface area contributed by atoms with Crippen molar-refractivity contribution in [1.82, 2.24) is 0 Å². The summed E-state index contributed by atoms with van der Waals surface area (Å²) in [5, 5.41) is 3.26. The average molecular weight is 181 g/mol. The summed E-state index contributed by atoms with van der Waals surface area (Å²) < 4.78 is 12.9. The normalized spacial score (nSPS) is 12.6. The van der Waals surface area contributed by atoms with Crippen molar-refractivity contribution in [2.24, 2.45) is 0 Å². The smallest absolute Gasteiger partial charge is 0.125 e. The Hall–Kier alpha value is -1.05. The molecule has 1 atom stereocenters. The minimum Gasteiger partial charge on any atom is -0.382 e. The maximum atomic E-state index is 12.9. The van der Waals surface area contributed by atoms with Crippen molar-refractivity contribution in [3.8, 4) is 0 Å². The Morgan fingerprint density at radius 2 is 2.15 bits per heavy atom. The van der Waals surface area contributed by atoms with Crippen molar-refractivity contribution in [3.63, 3.8) is 0 Å². The minimum absolute atomic E-state index is 0.184. The molecule has 0 radical (unpaired) electrons. The SMILES string of the molecule is CC[C@@H](C)Nc1cc(F)ccc1C. The second kappa shape index (κ2) is 4.26. The Bertz CT molecular complexity index is 283. The first kappa shape index (κ1) is 10.0. The van der Waals surface area contributed by atoms with Crippen LogP contribution in [0.15, 0.2) is 18.2 Å². The summed E-state index contributed by atoms with van der Waals surface area (Å²) in [5.74, 6) is -0.184. The fourth-order valence-corrected chi connectivity index (χ4v) is 1.12. The monoisotopic (exact) mass is 181 g/mol. The van der Waals surface area contributed by atoms with Gasteiger partial charge in [-0.3, -0.25) is 0 Å². The molecule has 0 spiro atoms. The molecule has 0 heterocycles. The molecule has 0 aliphatic carbocycles. The third-order valence-electron chi connectivity index (χ3n) is 2.21. The molecule has 0 bridgehead atoms. The van der Waals surface area contributed by atoms with Crippen molar-refractivity contribution in [2.45, 2.75) is 33.2 Å². The van der Waals surface area contributed by atoms with Crippen molar-refractivity contribution >= 4 is 5.69 Å². The first-order valence-corrected chi connectivity index (χ1v) is 4.66. The summed E-state index contributed by atoms with van der Waals surface area (Å²) in [4.78, 5) is 0. The van der Waals surface area contributed by atoms with Crippen molar-refractivity contribution in [2.75, 3.05) is 5.32 Å². The van der Waals surface area contributed by atoms with Gasteiger partial charge in [0.1, 0.15) is 5.82 Å². The number of benzene rings is 1. The lowest BCUT2D eigenvalue weighted by atomic mass is 10.1. The molecule has 0 aromatic heterocycles. The summed E-state index contributed by atoms with van der Waals surface area (Å²) in [5.41, 5.74) is 1.98. The second-order valence-electron chi connectivity index (χ2n) is 3.41. The van der Waals surface area contributed by atoms with Gasteiger partial charge in [0, 0.05) is 11.7 Å². The van der Waals surface area contributed by atoms with Crippen LogP contribution in [-0.4, -0.2) is 6.04 Å². The van der Waals surface area contributed by atoms with Crippen LogP contribution in [0.5, 0.6) is 0 Å². The molecule has 0 saturated carbocycles. The van der Waals surface area contributed by atoms with Crippen LogP contribution in [-0.2, 0) is 0 Å². The number of hydrogen-bond donors (Lipinski definition) is 1. The molecule has 13 heavy (non-hydrogen) atoms. The predicted molar refractivity (Wildman–Crippen MR) is 54.5 cm³/mol. The highest BCUT2D eigenvalue weighted by Crippen LogP contribution is 2.17. The summed E-state index contributed by atoms with van der Waals surface area (Å²) >= 11 is 0. The van der Waals surface area contributed by atoms with E-state index in [1.165, 1.54) is 6.07 Å². The minimum atomic E-state index is -0.184. The molecule has 1 nitrogen and oxygen atoms in total. The van der Waals surface area contributed by atoms with Gasteiger partial charge < -0.3 is 5.32 Å². The van der Waals surface area contributed by atoms with E-state index in [1.54, 1.807) is 12.1 Å². The van der Waals surface area contributed by atoms with Gasteiger partial charge in [0.15, 0.2) is 0 Å². The molecule has 2 heteroatoms. The number of anilines is 1. The van der Waals surface area contributed by atoms with E-state index in [4.69, 9.17) is 0 Å². The summed E-state index contributed by atoms with van der Waals surface area (Å²) in [6.45, 7) is 6.17. The lowest BCUT2D eigenvalue weighted by molar-refractivity contribution is 0.627. The highest BCUT2D eigenvalue weighted by molar-refractivity contribution is 5.51. The van der Waals surface area contributed by atoms with E-state index in [0.29, 0.717) is 6.04 Å².